The standard InChI is InChI=1S/C25H24N2O2S/c1-4-21(29-22-8-6-5-7-17(22)3)24(28)26-19-12-10-18(11-13-19)25-27-20-14-9-16(2)15-23(20)30-25/h5-15,21H,4H2,1-3H3,(H,26,28). The molecule has 30 heavy (non-hydrogen) atoms. The lowest BCUT2D eigenvalue weighted by Crippen LogP contribution is -2.32. The van der Waals surface area contributed by atoms with Crippen molar-refractivity contribution >= 4 is 33.1 Å². The Morgan fingerprint density at radius 2 is 1.83 bits per heavy atom. The molecule has 0 bridgehead atoms. The van der Waals surface area contributed by atoms with E-state index in [0.29, 0.717) is 6.42 Å². The number of para-hydroxylation sites is 1. The van der Waals surface area contributed by atoms with Crippen LogP contribution in [0.25, 0.3) is 20.8 Å². The van der Waals surface area contributed by atoms with Crippen molar-refractivity contribution in [2.24, 2.45) is 0 Å². The molecule has 1 heterocycles. The summed E-state index contributed by atoms with van der Waals surface area (Å²) in [5.74, 6) is 0.588. The van der Waals surface area contributed by atoms with Gasteiger partial charge < -0.3 is 10.1 Å². The lowest BCUT2D eigenvalue weighted by Gasteiger charge is -2.18. The lowest BCUT2D eigenvalue weighted by atomic mass is 10.2. The number of aryl methyl sites for hydroxylation is 2. The number of nitrogens with zero attached hydrogens (tertiary/aromatic N) is 1. The zero-order valence-electron chi connectivity index (χ0n) is 17.3. The van der Waals surface area contributed by atoms with Gasteiger partial charge in [0.05, 0.1) is 10.2 Å². The molecule has 0 saturated heterocycles. The van der Waals surface area contributed by atoms with Crippen LogP contribution in [0.3, 0.4) is 0 Å². The summed E-state index contributed by atoms with van der Waals surface area (Å²) in [5, 5.41) is 3.94. The molecule has 0 saturated carbocycles. The Kier molecular flexibility index (Phi) is 5.81. The van der Waals surface area contributed by atoms with Gasteiger partial charge in [0.15, 0.2) is 6.10 Å². The normalized spacial score (nSPS) is 12.0. The Hall–Kier alpha value is -3.18. The quantitative estimate of drug-likeness (QED) is 0.397. The van der Waals surface area contributed by atoms with Crippen molar-refractivity contribution in [3.8, 4) is 16.3 Å². The monoisotopic (exact) mass is 416 g/mol. The van der Waals surface area contributed by atoms with E-state index >= 15 is 0 Å². The summed E-state index contributed by atoms with van der Waals surface area (Å²) in [5.41, 5.74) is 5.04. The van der Waals surface area contributed by atoms with Crippen molar-refractivity contribution in [3.05, 3.63) is 77.9 Å². The molecular weight excluding hydrogens is 392 g/mol. The zero-order valence-corrected chi connectivity index (χ0v) is 18.1. The Morgan fingerprint density at radius 1 is 1.07 bits per heavy atom. The first-order valence-corrected chi connectivity index (χ1v) is 10.9. The predicted octanol–water partition coefficient (Wildman–Crippen LogP) is 6.38. The number of hydrogen-bond donors (Lipinski definition) is 1. The first-order valence-electron chi connectivity index (χ1n) is 10.0. The van der Waals surface area contributed by atoms with E-state index in [2.05, 4.69) is 30.4 Å². The molecule has 152 valence electrons. The minimum atomic E-state index is -0.543. The summed E-state index contributed by atoms with van der Waals surface area (Å²) >= 11 is 1.68. The van der Waals surface area contributed by atoms with Crippen LogP contribution >= 0.6 is 11.3 Å². The number of benzene rings is 3. The van der Waals surface area contributed by atoms with Crippen molar-refractivity contribution in [2.75, 3.05) is 5.32 Å². The molecule has 0 aliphatic heterocycles. The van der Waals surface area contributed by atoms with Gasteiger partial charge >= 0.3 is 0 Å². The van der Waals surface area contributed by atoms with E-state index in [1.807, 2.05) is 62.4 Å². The number of aromatic nitrogens is 1. The molecule has 1 aromatic heterocycles. The number of thiazole rings is 1. The third-order valence-corrected chi connectivity index (χ3v) is 6.04. The largest absolute Gasteiger partial charge is 0.480 e. The van der Waals surface area contributed by atoms with Gasteiger partial charge in [-0.3, -0.25) is 4.79 Å². The van der Waals surface area contributed by atoms with Crippen LogP contribution in [0.5, 0.6) is 5.75 Å². The van der Waals surface area contributed by atoms with Gasteiger partial charge in [0.2, 0.25) is 0 Å². The van der Waals surface area contributed by atoms with Crippen LogP contribution in [0.2, 0.25) is 0 Å². The van der Waals surface area contributed by atoms with E-state index < -0.39 is 6.10 Å². The molecule has 1 unspecified atom stereocenters. The van der Waals surface area contributed by atoms with Gasteiger partial charge in [-0.15, -0.1) is 11.3 Å². The predicted molar refractivity (Wildman–Crippen MR) is 124 cm³/mol. The number of rotatable bonds is 6. The van der Waals surface area contributed by atoms with Crippen molar-refractivity contribution in [1.29, 1.82) is 0 Å². The number of ether oxygens (including phenoxy) is 1. The number of anilines is 1. The maximum absolute atomic E-state index is 12.7. The van der Waals surface area contributed by atoms with Crippen LogP contribution in [0.15, 0.2) is 66.7 Å². The smallest absolute Gasteiger partial charge is 0.265 e. The van der Waals surface area contributed by atoms with Crippen LogP contribution in [-0.4, -0.2) is 17.0 Å². The van der Waals surface area contributed by atoms with Gasteiger partial charge in [-0.05, 0) is 73.9 Å². The average molecular weight is 417 g/mol. The molecule has 4 aromatic rings. The summed E-state index contributed by atoms with van der Waals surface area (Å²) in [7, 11) is 0. The molecule has 1 amide bonds. The van der Waals surface area contributed by atoms with Gasteiger partial charge in [-0.25, -0.2) is 4.98 Å². The molecule has 5 heteroatoms. The van der Waals surface area contributed by atoms with E-state index in [9.17, 15) is 4.79 Å². The van der Waals surface area contributed by atoms with Crippen molar-refractivity contribution in [3.63, 3.8) is 0 Å². The van der Waals surface area contributed by atoms with Crippen LogP contribution in [0, 0.1) is 13.8 Å². The fraction of sp³-hybridized carbons (Fsp3) is 0.200. The van der Waals surface area contributed by atoms with Gasteiger partial charge in [0.25, 0.3) is 5.91 Å². The minimum absolute atomic E-state index is 0.149. The fourth-order valence-electron chi connectivity index (χ4n) is 3.24. The third-order valence-electron chi connectivity index (χ3n) is 4.97. The highest BCUT2D eigenvalue weighted by atomic mass is 32.1. The summed E-state index contributed by atoms with van der Waals surface area (Å²) < 4.78 is 7.13. The number of nitrogens with one attached hydrogen (secondary N) is 1. The Bertz CT molecular complexity index is 1180. The Morgan fingerprint density at radius 3 is 2.57 bits per heavy atom. The van der Waals surface area contributed by atoms with Crippen LogP contribution in [-0.2, 0) is 4.79 Å². The maximum atomic E-state index is 12.7. The van der Waals surface area contributed by atoms with Gasteiger partial charge in [0, 0.05) is 11.3 Å². The fourth-order valence-corrected chi connectivity index (χ4v) is 4.31. The molecule has 0 spiro atoms. The van der Waals surface area contributed by atoms with Crippen LogP contribution < -0.4 is 10.1 Å². The van der Waals surface area contributed by atoms with Crippen LogP contribution in [0.4, 0.5) is 5.69 Å². The molecule has 0 aliphatic rings. The minimum Gasteiger partial charge on any atom is -0.480 e. The highest BCUT2D eigenvalue weighted by Crippen LogP contribution is 2.31. The zero-order chi connectivity index (χ0) is 21.1. The number of carbonyl (C=O) groups is 1. The van der Waals surface area contributed by atoms with Crippen molar-refractivity contribution in [1.82, 2.24) is 4.98 Å². The molecule has 4 rings (SSSR count). The molecule has 0 radical (unpaired) electrons. The molecular formula is C25H24N2O2S. The molecule has 1 N–H and O–H groups in total. The summed E-state index contributed by atoms with van der Waals surface area (Å²) in [6.07, 6.45) is 0.0434. The molecule has 1 atom stereocenters. The van der Waals surface area contributed by atoms with Gasteiger partial charge in [0.1, 0.15) is 10.8 Å². The Balaban J connectivity index is 1.46. The second-order valence-electron chi connectivity index (χ2n) is 7.34. The number of amides is 1. The molecule has 0 fully saturated rings. The van der Waals surface area contributed by atoms with E-state index in [0.717, 1.165) is 33.1 Å². The summed E-state index contributed by atoms with van der Waals surface area (Å²) in [6, 6.07) is 21.8. The maximum Gasteiger partial charge on any atom is 0.265 e. The summed E-state index contributed by atoms with van der Waals surface area (Å²) in [6.45, 7) is 6.01. The Labute approximate surface area is 180 Å². The van der Waals surface area contributed by atoms with Crippen LogP contribution in [0.1, 0.15) is 24.5 Å². The first-order chi connectivity index (χ1) is 14.5. The third kappa shape index (κ3) is 4.36. The SMILES string of the molecule is CCC(Oc1ccccc1C)C(=O)Nc1ccc(-c2nc3ccc(C)cc3s2)cc1. The average Bonchev–Trinajstić information content (AvgIpc) is 3.16. The van der Waals surface area contributed by atoms with E-state index in [-0.39, 0.29) is 5.91 Å². The van der Waals surface area contributed by atoms with E-state index in [1.165, 1.54) is 10.3 Å². The first kappa shape index (κ1) is 20.1. The van der Waals surface area contributed by atoms with Crippen molar-refractivity contribution in [2.45, 2.75) is 33.3 Å². The topological polar surface area (TPSA) is 51.2 Å². The van der Waals surface area contributed by atoms with E-state index in [1.54, 1.807) is 11.3 Å². The van der Waals surface area contributed by atoms with Gasteiger partial charge in [-0.1, -0.05) is 31.2 Å². The van der Waals surface area contributed by atoms with E-state index in [4.69, 9.17) is 9.72 Å². The highest BCUT2D eigenvalue weighted by Gasteiger charge is 2.19. The van der Waals surface area contributed by atoms with Gasteiger partial charge in [-0.2, -0.15) is 0 Å². The second-order valence-corrected chi connectivity index (χ2v) is 8.37. The highest BCUT2D eigenvalue weighted by molar-refractivity contribution is 7.21. The number of fused-ring (bicyclic) bond motifs is 1. The molecule has 0 aliphatic carbocycles. The lowest BCUT2D eigenvalue weighted by molar-refractivity contribution is -0.122. The second kappa shape index (κ2) is 8.67. The summed E-state index contributed by atoms with van der Waals surface area (Å²) in [4.78, 5) is 17.4. The van der Waals surface area contributed by atoms with Crippen molar-refractivity contribution < 1.29 is 9.53 Å². The number of hydrogen-bond acceptors (Lipinski definition) is 4. The number of carbonyl (C=O) groups excluding carboxylic acids is 1. The molecule has 4 nitrogen and oxygen atoms in total. The molecule has 3 aromatic carbocycles.